The third-order valence-electron chi connectivity index (χ3n) is 3.18. The average Bonchev–Trinajstić information content (AvgIpc) is 2.97. The molecule has 1 amide bonds. The minimum absolute atomic E-state index is 0.0819. The maximum Gasteiger partial charge on any atom is 0.305 e. The number of thiophene rings is 1. The largest absolute Gasteiger partial charge is 0.495 e. The summed E-state index contributed by atoms with van der Waals surface area (Å²) in [5.41, 5.74) is 1.01. The summed E-state index contributed by atoms with van der Waals surface area (Å²) >= 11 is 1.34. The van der Waals surface area contributed by atoms with E-state index in [9.17, 15) is 9.59 Å². The number of aliphatic carboxylic acids is 1. The molecule has 5 nitrogen and oxygen atoms in total. The predicted molar refractivity (Wildman–Crippen MR) is 85.5 cm³/mol. The van der Waals surface area contributed by atoms with Crippen molar-refractivity contribution in [2.75, 3.05) is 20.7 Å². The second-order valence-electron chi connectivity index (χ2n) is 4.74. The second-order valence-corrected chi connectivity index (χ2v) is 5.80. The van der Waals surface area contributed by atoms with Gasteiger partial charge in [-0.3, -0.25) is 9.59 Å². The number of amides is 1. The third-order valence-corrected chi connectivity index (χ3v) is 4.33. The summed E-state index contributed by atoms with van der Waals surface area (Å²) in [6, 6.07) is 11.6. The molecule has 0 fully saturated rings. The Hall–Kier alpha value is -2.34. The number of carboxylic acids is 1. The maximum atomic E-state index is 12.4. The summed E-state index contributed by atoms with van der Waals surface area (Å²) in [5.74, 6) is -0.649. The van der Waals surface area contributed by atoms with Crippen LogP contribution >= 0.6 is 11.3 Å². The first-order chi connectivity index (χ1) is 10.5. The van der Waals surface area contributed by atoms with Crippen LogP contribution in [0.1, 0.15) is 16.1 Å². The molecular formula is C16H17NO4S. The molecule has 1 aromatic heterocycles. The summed E-state index contributed by atoms with van der Waals surface area (Å²) in [5, 5.41) is 8.71. The van der Waals surface area contributed by atoms with Crippen molar-refractivity contribution in [3.8, 4) is 16.2 Å². The Morgan fingerprint density at radius 1 is 1.27 bits per heavy atom. The van der Waals surface area contributed by atoms with Gasteiger partial charge in [-0.25, -0.2) is 0 Å². The zero-order valence-electron chi connectivity index (χ0n) is 12.4. The fraction of sp³-hybridized carbons (Fsp3) is 0.250. The van der Waals surface area contributed by atoms with Crippen molar-refractivity contribution >= 4 is 23.2 Å². The molecule has 1 aromatic carbocycles. The number of rotatable bonds is 6. The first kappa shape index (κ1) is 16.0. The van der Waals surface area contributed by atoms with Gasteiger partial charge in [0.15, 0.2) is 0 Å². The highest BCUT2D eigenvalue weighted by Gasteiger charge is 2.21. The summed E-state index contributed by atoms with van der Waals surface area (Å²) in [6.45, 7) is 0.163. The van der Waals surface area contributed by atoms with E-state index in [1.807, 2.05) is 36.4 Å². The molecule has 0 spiro atoms. The van der Waals surface area contributed by atoms with Crippen molar-refractivity contribution in [3.05, 3.63) is 41.3 Å². The number of nitrogens with zero attached hydrogens (tertiary/aromatic N) is 1. The average molecular weight is 319 g/mol. The van der Waals surface area contributed by atoms with Crippen LogP contribution in [0.5, 0.6) is 5.75 Å². The molecule has 0 aliphatic carbocycles. The second kappa shape index (κ2) is 7.09. The van der Waals surface area contributed by atoms with Gasteiger partial charge in [0.25, 0.3) is 5.91 Å². The van der Waals surface area contributed by atoms with Gasteiger partial charge in [-0.2, -0.15) is 0 Å². The number of hydrogen-bond acceptors (Lipinski definition) is 4. The van der Waals surface area contributed by atoms with E-state index in [1.165, 1.54) is 23.3 Å². The van der Waals surface area contributed by atoms with Gasteiger partial charge in [-0.15, -0.1) is 11.3 Å². The minimum Gasteiger partial charge on any atom is -0.495 e. The number of carboxylic acid groups (broad SMARTS) is 1. The molecule has 0 saturated carbocycles. The molecule has 0 unspecified atom stereocenters. The minimum atomic E-state index is -0.928. The Morgan fingerprint density at radius 2 is 1.95 bits per heavy atom. The first-order valence-electron chi connectivity index (χ1n) is 6.73. The van der Waals surface area contributed by atoms with Crippen LogP contribution in [0.15, 0.2) is 36.4 Å². The van der Waals surface area contributed by atoms with Gasteiger partial charge >= 0.3 is 5.97 Å². The number of carbonyl (C=O) groups is 2. The van der Waals surface area contributed by atoms with Crippen LogP contribution in [0.3, 0.4) is 0 Å². The summed E-state index contributed by atoms with van der Waals surface area (Å²) in [4.78, 5) is 25.9. The highest BCUT2D eigenvalue weighted by molar-refractivity contribution is 7.17. The molecular weight excluding hydrogens is 302 g/mol. The van der Waals surface area contributed by atoms with Crippen molar-refractivity contribution in [1.82, 2.24) is 4.90 Å². The number of hydrogen-bond donors (Lipinski definition) is 1. The van der Waals surface area contributed by atoms with Crippen LogP contribution in [0.2, 0.25) is 0 Å². The van der Waals surface area contributed by atoms with Crippen molar-refractivity contribution in [3.63, 3.8) is 0 Å². The van der Waals surface area contributed by atoms with Gasteiger partial charge < -0.3 is 14.7 Å². The SMILES string of the molecule is COc1cc(-c2ccccc2)sc1C(=O)N(C)CCC(=O)O. The van der Waals surface area contributed by atoms with Crippen LogP contribution in [0.4, 0.5) is 0 Å². The Bertz CT molecular complexity index is 666. The zero-order valence-corrected chi connectivity index (χ0v) is 13.2. The first-order valence-corrected chi connectivity index (χ1v) is 7.55. The number of benzene rings is 1. The molecule has 2 aromatic rings. The molecule has 0 aliphatic heterocycles. The molecule has 0 saturated heterocycles. The smallest absolute Gasteiger partial charge is 0.305 e. The fourth-order valence-electron chi connectivity index (χ4n) is 1.96. The topological polar surface area (TPSA) is 66.8 Å². The lowest BCUT2D eigenvalue weighted by molar-refractivity contribution is -0.137. The van der Waals surface area contributed by atoms with Crippen LogP contribution in [-0.2, 0) is 4.79 Å². The lowest BCUT2D eigenvalue weighted by atomic mass is 10.2. The normalized spacial score (nSPS) is 10.3. The van der Waals surface area contributed by atoms with E-state index in [1.54, 1.807) is 7.05 Å². The highest BCUT2D eigenvalue weighted by atomic mass is 32.1. The molecule has 1 N–H and O–H groups in total. The van der Waals surface area contributed by atoms with Crippen LogP contribution in [0, 0.1) is 0 Å². The molecule has 0 bridgehead atoms. The van der Waals surface area contributed by atoms with E-state index >= 15 is 0 Å². The van der Waals surface area contributed by atoms with E-state index in [4.69, 9.17) is 9.84 Å². The number of ether oxygens (including phenoxy) is 1. The van der Waals surface area contributed by atoms with Crippen molar-refractivity contribution in [1.29, 1.82) is 0 Å². The summed E-state index contributed by atoms with van der Waals surface area (Å²) in [6.07, 6.45) is -0.0819. The third kappa shape index (κ3) is 3.65. The number of carbonyl (C=O) groups excluding carboxylic acids is 1. The Balaban J connectivity index is 2.25. The predicted octanol–water partition coefficient (Wildman–Crippen LogP) is 2.97. The van der Waals surface area contributed by atoms with Crippen molar-refractivity contribution in [2.45, 2.75) is 6.42 Å². The van der Waals surface area contributed by atoms with Gasteiger partial charge in [0.1, 0.15) is 10.6 Å². The van der Waals surface area contributed by atoms with E-state index in [-0.39, 0.29) is 18.9 Å². The zero-order chi connectivity index (χ0) is 16.1. The fourth-order valence-corrected chi connectivity index (χ4v) is 3.08. The highest BCUT2D eigenvalue weighted by Crippen LogP contribution is 2.36. The standard InChI is InChI=1S/C16H17NO4S/c1-17(9-8-14(18)19)16(20)15-12(21-2)10-13(22-15)11-6-4-3-5-7-11/h3-7,10H,8-9H2,1-2H3,(H,18,19). The molecule has 0 radical (unpaired) electrons. The van der Waals surface area contributed by atoms with Crippen molar-refractivity contribution in [2.24, 2.45) is 0 Å². The summed E-state index contributed by atoms with van der Waals surface area (Å²) < 4.78 is 5.29. The molecule has 6 heteroatoms. The molecule has 2 rings (SSSR count). The molecule has 0 aliphatic rings. The Labute approximate surface area is 132 Å². The Morgan fingerprint density at radius 3 is 2.55 bits per heavy atom. The van der Waals surface area contributed by atoms with Gasteiger partial charge in [-0.1, -0.05) is 30.3 Å². The Kier molecular flexibility index (Phi) is 5.16. The quantitative estimate of drug-likeness (QED) is 0.889. The van der Waals surface area contributed by atoms with Crippen LogP contribution in [-0.4, -0.2) is 42.6 Å². The van der Waals surface area contributed by atoms with Gasteiger partial charge in [-0.05, 0) is 11.6 Å². The molecule has 22 heavy (non-hydrogen) atoms. The van der Waals surface area contributed by atoms with Crippen LogP contribution < -0.4 is 4.74 Å². The molecule has 1 heterocycles. The van der Waals surface area contributed by atoms with Crippen molar-refractivity contribution < 1.29 is 19.4 Å². The molecule has 116 valence electrons. The van der Waals surface area contributed by atoms with Gasteiger partial charge in [0, 0.05) is 18.5 Å². The van der Waals surface area contributed by atoms with E-state index in [2.05, 4.69) is 0 Å². The monoisotopic (exact) mass is 319 g/mol. The van der Waals surface area contributed by atoms with E-state index < -0.39 is 5.97 Å². The van der Waals surface area contributed by atoms with E-state index in [0.29, 0.717) is 10.6 Å². The maximum absolute atomic E-state index is 12.4. The van der Waals surface area contributed by atoms with Gasteiger partial charge in [0.2, 0.25) is 0 Å². The molecule has 0 atom stereocenters. The number of methoxy groups -OCH3 is 1. The van der Waals surface area contributed by atoms with E-state index in [0.717, 1.165) is 10.4 Å². The summed E-state index contributed by atoms with van der Waals surface area (Å²) in [7, 11) is 3.11. The lowest BCUT2D eigenvalue weighted by Crippen LogP contribution is -2.28. The lowest BCUT2D eigenvalue weighted by Gasteiger charge is -2.15. The van der Waals surface area contributed by atoms with Crippen LogP contribution in [0.25, 0.3) is 10.4 Å². The van der Waals surface area contributed by atoms with Gasteiger partial charge in [0.05, 0.1) is 13.5 Å².